The van der Waals surface area contributed by atoms with E-state index in [2.05, 4.69) is 10.6 Å². The van der Waals surface area contributed by atoms with Crippen LogP contribution in [0.15, 0.2) is 59.4 Å². The van der Waals surface area contributed by atoms with E-state index in [-0.39, 0.29) is 17.3 Å². The summed E-state index contributed by atoms with van der Waals surface area (Å²) < 4.78 is 3.24. The first-order valence-corrected chi connectivity index (χ1v) is 8.93. The summed E-state index contributed by atoms with van der Waals surface area (Å²) in [6.07, 6.45) is 0. The van der Waals surface area contributed by atoms with Crippen LogP contribution in [-0.4, -0.2) is 15.4 Å². The minimum atomic E-state index is -0.441. The van der Waals surface area contributed by atoms with E-state index in [1.54, 1.807) is 30.8 Å². The molecule has 6 nitrogen and oxygen atoms in total. The number of hydrogen-bond donors (Lipinski definition) is 2. The van der Waals surface area contributed by atoms with Crippen LogP contribution in [0.5, 0.6) is 0 Å². The number of carbonyl (C=O) groups excluding carboxylic acids is 1. The Balaban J connectivity index is 1.80. The minimum Gasteiger partial charge on any atom is -0.331 e. The smallest absolute Gasteiger partial charge is 0.319 e. The molecule has 0 spiro atoms. The third kappa shape index (κ3) is 3.90. The zero-order valence-electron chi connectivity index (χ0n) is 15.4. The van der Waals surface area contributed by atoms with Crippen molar-refractivity contribution in [2.24, 2.45) is 7.05 Å². The number of anilines is 1. The summed E-state index contributed by atoms with van der Waals surface area (Å²) in [5.41, 5.74) is 2.29. The number of rotatable bonds is 4. The molecule has 3 rings (SSSR count). The maximum absolute atomic E-state index is 12.8. The fourth-order valence-corrected chi connectivity index (χ4v) is 3.02. The highest BCUT2D eigenvalue weighted by Gasteiger charge is 2.19. The van der Waals surface area contributed by atoms with Gasteiger partial charge in [0.2, 0.25) is 0 Å². The molecule has 3 aromatic rings. The molecule has 7 heteroatoms. The van der Waals surface area contributed by atoms with Gasteiger partial charge < -0.3 is 10.6 Å². The van der Waals surface area contributed by atoms with Crippen molar-refractivity contribution in [2.45, 2.75) is 19.9 Å². The molecule has 0 bridgehead atoms. The van der Waals surface area contributed by atoms with Crippen molar-refractivity contribution in [3.8, 4) is 5.69 Å². The molecule has 0 unspecified atom stereocenters. The van der Waals surface area contributed by atoms with Gasteiger partial charge in [-0.3, -0.25) is 9.48 Å². The SMILES string of the molecule is Cc1c(NC(=O)N[C@@H](C)c2ccc(Cl)cc2)c(=O)n(-c2ccccc2)n1C. The first kappa shape index (κ1) is 18.8. The van der Waals surface area contributed by atoms with E-state index in [1.165, 1.54) is 4.68 Å². The summed E-state index contributed by atoms with van der Waals surface area (Å²) in [4.78, 5) is 25.2. The highest BCUT2D eigenvalue weighted by molar-refractivity contribution is 6.30. The number of para-hydroxylation sites is 1. The highest BCUT2D eigenvalue weighted by atomic mass is 35.5. The number of urea groups is 1. The number of benzene rings is 2. The Hall–Kier alpha value is -2.99. The van der Waals surface area contributed by atoms with Gasteiger partial charge in [0.25, 0.3) is 5.56 Å². The van der Waals surface area contributed by atoms with E-state index >= 15 is 0 Å². The van der Waals surface area contributed by atoms with Gasteiger partial charge in [0, 0.05) is 12.1 Å². The lowest BCUT2D eigenvalue weighted by atomic mass is 10.1. The molecular formula is C20H21ClN4O2. The van der Waals surface area contributed by atoms with Crippen molar-refractivity contribution in [2.75, 3.05) is 5.32 Å². The highest BCUT2D eigenvalue weighted by Crippen LogP contribution is 2.17. The average Bonchev–Trinajstić information content (AvgIpc) is 2.86. The number of halogens is 1. The monoisotopic (exact) mass is 384 g/mol. The van der Waals surface area contributed by atoms with E-state index in [4.69, 9.17) is 11.6 Å². The van der Waals surface area contributed by atoms with E-state index in [0.717, 1.165) is 11.3 Å². The number of carbonyl (C=O) groups is 1. The number of aromatic nitrogens is 2. The van der Waals surface area contributed by atoms with Gasteiger partial charge in [-0.05, 0) is 43.7 Å². The average molecular weight is 385 g/mol. The molecule has 0 aliphatic heterocycles. The second-order valence-corrected chi connectivity index (χ2v) is 6.74. The van der Waals surface area contributed by atoms with Crippen LogP contribution >= 0.6 is 11.6 Å². The van der Waals surface area contributed by atoms with Gasteiger partial charge in [-0.15, -0.1) is 0 Å². The fourth-order valence-electron chi connectivity index (χ4n) is 2.89. The molecule has 0 aliphatic rings. The Morgan fingerprint density at radius 1 is 1.07 bits per heavy atom. The summed E-state index contributed by atoms with van der Waals surface area (Å²) in [7, 11) is 1.78. The van der Waals surface area contributed by atoms with Crippen LogP contribution in [0.1, 0.15) is 24.2 Å². The number of hydrogen-bond acceptors (Lipinski definition) is 2. The van der Waals surface area contributed by atoms with Gasteiger partial charge in [-0.25, -0.2) is 9.48 Å². The summed E-state index contributed by atoms with van der Waals surface area (Å²) in [6, 6.07) is 15.9. The van der Waals surface area contributed by atoms with E-state index in [0.29, 0.717) is 10.7 Å². The Labute approximate surface area is 162 Å². The quantitative estimate of drug-likeness (QED) is 0.713. The zero-order chi connectivity index (χ0) is 19.6. The number of amides is 2. The van der Waals surface area contributed by atoms with Crippen molar-refractivity contribution in [3.05, 3.63) is 81.2 Å². The minimum absolute atomic E-state index is 0.234. The van der Waals surface area contributed by atoms with Gasteiger partial charge in [-0.2, -0.15) is 0 Å². The Bertz CT molecular complexity index is 1010. The van der Waals surface area contributed by atoms with Gasteiger partial charge in [0.1, 0.15) is 5.69 Å². The second kappa shape index (κ2) is 7.72. The largest absolute Gasteiger partial charge is 0.331 e. The predicted octanol–water partition coefficient (Wildman–Crippen LogP) is 4.02. The van der Waals surface area contributed by atoms with Crippen LogP contribution in [-0.2, 0) is 7.05 Å². The van der Waals surface area contributed by atoms with Gasteiger partial charge in [0.15, 0.2) is 0 Å². The number of nitrogens with one attached hydrogen (secondary N) is 2. The molecule has 1 aromatic heterocycles. The van der Waals surface area contributed by atoms with Crippen LogP contribution in [0, 0.1) is 6.92 Å². The molecule has 140 valence electrons. The van der Waals surface area contributed by atoms with Crippen LogP contribution < -0.4 is 16.2 Å². The molecule has 0 radical (unpaired) electrons. The molecule has 2 N–H and O–H groups in total. The Morgan fingerprint density at radius 3 is 2.33 bits per heavy atom. The topological polar surface area (TPSA) is 68.1 Å². The molecule has 1 heterocycles. The first-order valence-electron chi connectivity index (χ1n) is 8.55. The Kier molecular flexibility index (Phi) is 5.37. The maximum Gasteiger partial charge on any atom is 0.319 e. The molecule has 0 fully saturated rings. The lowest BCUT2D eigenvalue weighted by Crippen LogP contribution is -2.33. The van der Waals surface area contributed by atoms with Crippen LogP contribution in [0.4, 0.5) is 10.5 Å². The zero-order valence-corrected chi connectivity index (χ0v) is 16.1. The van der Waals surface area contributed by atoms with Crippen molar-refractivity contribution in [1.29, 1.82) is 0 Å². The van der Waals surface area contributed by atoms with E-state index in [1.807, 2.05) is 49.4 Å². The molecular weight excluding hydrogens is 364 g/mol. The molecule has 1 atom stereocenters. The molecule has 0 saturated carbocycles. The van der Waals surface area contributed by atoms with Crippen molar-refractivity contribution in [1.82, 2.24) is 14.7 Å². The summed E-state index contributed by atoms with van der Waals surface area (Å²) in [5.74, 6) is 0. The summed E-state index contributed by atoms with van der Waals surface area (Å²) >= 11 is 5.89. The lowest BCUT2D eigenvalue weighted by molar-refractivity contribution is 0.249. The van der Waals surface area contributed by atoms with E-state index < -0.39 is 6.03 Å². The standard InChI is InChI=1S/C20H21ClN4O2/c1-13(15-9-11-16(21)12-10-15)22-20(27)23-18-14(2)24(3)25(19(18)26)17-7-5-4-6-8-17/h4-13H,1-3H3,(H2,22,23,27)/t13-/m0/s1. The first-order chi connectivity index (χ1) is 12.9. The van der Waals surface area contributed by atoms with E-state index in [9.17, 15) is 9.59 Å². The van der Waals surface area contributed by atoms with Crippen molar-refractivity contribution >= 4 is 23.3 Å². The van der Waals surface area contributed by atoms with Crippen molar-refractivity contribution < 1.29 is 4.79 Å². The third-order valence-electron chi connectivity index (χ3n) is 4.51. The van der Waals surface area contributed by atoms with Crippen LogP contribution in [0.25, 0.3) is 5.69 Å². The van der Waals surface area contributed by atoms with Crippen LogP contribution in [0.3, 0.4) is 0 Å². The molecule has 0 saturated heterocycles. The second-order valence-electron chi connectivity index (χ2n) is 6.31. The number of nitrogens with zero attached hydrogens (tertiary/aromatic N) is 2. The van der Waals surface area contributed by atoms with Crippen molar-refractivity contribution in [3.63, 3.8) is 0 Å². The summed E-state index contributed by atoms with van der Waals surface area (Å²) in [5, 5.41) is 6.16. The fraction of sp³-hybridized carbons (Fsp3) is 0.200. The normalized spacial score (nSPS) is 11.9. The van der Waals surface area contributed by atoms with Gasteiger partial charge in [0.05, 0.1) is 17.4 Å². The Morgan fingerprint density at radius 2 is 1.70 bits per heavy atom. The lowest BCUT2D eigenvalue weighted by Gasteiger charge is -2.14. The maximum atomic E-state index is 12.8. The molecule has 0 aliphatic carbocycles. The molecule has 2 aromatic carbocycles. The summed E-state index contributed by atoms with van der Waals surface area (Å²) in [6.45, 7) is 3.65. The van der Waals surface area contributed by atoms with Gasteiger partial charge in [-0.1, -0.05) is 41.9 Å². The third-order valence-corrected chi connectivity index (χ3v) is 4.76. The predicted molar refractivity (Wildman–Crippen MR) is 108 cm³/mol. The van der Waals surface area contributed by atoms with Crippen LogP contribution in [0.2, 0.25) is 5.02 Å². The molecule has 27 heavy (non-hydrogen) atoms. The molecule has 2 amide bonds. The van der Waals surface area contributed by atoms with Gasteiger partial charge >= 0.3 is 6.03 Å².